The van der Waals surface area contributed by atoms with Crippen LogP contribution in [0.15, 0.2) is 42.5 Å². The zero-order valence-corrected chi connectivity index (χ0v) is 14.5. The van der Waals surface area contributed by atoms with Crippen LogP contribution in [0.1, 0.15) is 29.2 Å². The lowest BCUT2D eigenvalue weighted by Gasteiger charge is -2.44. The zero-order chi connectivity index (χ0) is 14.6. The van der Waals surface area contributed by atoms with Crippen molar-refractivity contribution >= 4 is 17.0 Å². The molecule has 2 bridgehead atoms. The summed E-state index contributed by atoms with van der Waals surface area (Å²) in [7, 11) is 0. The van der Waals surface area contributed by atoms with E-state index in [2.05, 4.69) is 37.3 Å². The van der Waals surface area contributed by atoms with Crippen LogP contribution in [0.3, 0.4) is 0 Å². The third-order valence-corrected chi connectivity index (χ3v) is 5.59. The van der Waals surface area contributed by atoms with Crippen molar-refractivity contribution in [3.63, 3.8) is 0 Å². The number of phenolic OH excluding ortho intramolecular Hbond substituents is 1. The van der Waals surface area contributed by atoms with E-state index in [-0.39, 0.29) is 28.4 Å². The number of hydrogen-bond acceptors (Lipinski definition) is 2. The number of halogens is 1. The molecule has 0 radical (unpaired) electrons. The number of fused-ring (bicyclic) bond motifs is 5. The number of phenols is 1. The molecule has 2 aromatic carbocycles. The first-order chi connectivity index (χ1) is 10.1. The van der Waals surface area contributed by atoms with E-state index >= 15 is 0 Å². The highest BCUT2D eigenvalue weighted by molar-refractivity contribution is 8.93. The Morgan fingerprint density at radius 2 is 1.73 bits per heavy atom. The van der Waals surface area contributed by atoms with Crippen molar-refractivity contribution in [1.29, 1.82) is 0 Å². The lowest BCUT2D eigenvalue weighted by Crippen LogP contribution is -2.52. The molecule has 0 fully saturated rings. The second kappa shape index (κ2) is 5.39. The van der Waals surface area contributed by atoms with Crippen LogP contribution in [-0.2, 0) is 24.7 Å². The summed E-state index contributed by atoms with van der Waals surface area (Å²) in [5.74, 6) is 0.828. The minimum absolute atomic E-state index is 0. The molecule has 3 N–H and O–H groups in total. The fraction of sp³-hybridized carbons (Fsp3) is 0.368. The maximum Gasteiger partial charge on any atom is 0.115 e. The Hall–Kier alpha value is -1.32. The van der Waals surface area contributed by atoms with Crippen LogP contribution in [0.4, 0.5) is 0 Å². The molecule has 0 saturated carbocycles. The molecule has 2 aromatic rings. The minimum Gasteiger partial charge on any atom is -0.508 e. The molecular formula is C19H22BrNO. The van der Waals surface area contributed by atoms with Gasteiger partial charge in [-0.2, -0.15) is 0 Å². The molecule has 0 amide bonds. The highest BCUT2D eigenvalue weighted by atomic mass is 79.9. The van der Waals surface area contributed by atoms with Gasteiger partial charge in [-0.05, 0) is 59.6 Å². The fourth-order valence-electron chi connectivity index (χ4n) is 4.40. The smallest absolute Gasteiger partial charge is 0.115 e. The van der Waals surface area contributed by atoms with E-state index in [4.69, 9.17) is 5.73 Å². The van der Waals surface area contributed by atoms with Crippen molar-refractivity contribution in [2.45, 2.75) is 37.6 Å². The van der Waals surface area contributed by atoms with Crippen LogP contribution in [0.2, 0.25) is 0 Å². The highest BCUT2D eigenvalue weighted by Crippen LogP contribution is 2.46. The molecule has 2 aliphatic carbocycles. The van der Waals surface area contributed by atoms with Crippen molar-refractivity contribution in [3.8, 4) is 5.75 Å². The van der Waals surface area contributed by atoms with Crippen LogP contribution in [0, 0.1) is 5.92 Å². The molecule has 0 aromatic heterocycles. The van der Waals surface area contributed by atoms with E-state index in [1.165, 1.54) is 22.3 Å². The molecular weight excluding hydrogens is 338 g/mol. The predicted octanol–water partition coefficient (Wildman–Crippen LogP) is 3.53. The average molecular weight is 360 g/mol. The summed E-state index contributed by atoms with van der Waals surface area (Å²) >= 11 is 0. The zero-order valence-electron chi connectivity index (χ0n) is 12.8. The highest BCUT2D eigenvalue weighted by Gasteiger charge is 2.45. The minimum atomic E-state index is -0.0937. The first kappa shape index (κ1) is 15.6. The van der Waals surface area contributed by atoms with Gasteiger partial charge in [-0.3, -0.25) is 0 Å². The molecule has 0 aliphatic heterocycles. The molecule has 3 heteroatoms. The van der Waals surface area contributed by atoms with E-state index in [1.54, 1.807) is 6.07 Å². The van der Waals surface area contributed by atoms with Gasteiger partial charge in [0.2, 0.25) is 0 Å². The van der Waals surface area contributed by atoms with Gasteiger partial charge in [-0.1, -0.05) is 37.3 Å². The Labute approximate surface area is 142 Å². The standard InChI is InChI=1S/C19H21NO.BrH/c1-19-11-14-5-3-2-4-12(14)8-15(18(19)20)9-13-6-7-16(21)10-17(13)19;/h2-7,10,15,18,21H,8-9,11,20H2,1H3;1H/t15?,18?,19-;/m1./s1. The van der Waals surface area contributed by atoms with Gasteiger partial charge in [-0.15, -0.1) is 17.0 Å². The van der Waals surface area contributed by atoms with Crippen LogP contribution < -0.4 is 5.73 Å². The summed E-state index contributed by atoms with van der Waals surface area (Å²) in [6.45, 7) is 2.27. The molecule has 4 rings (SSSR count). The van der Waals surface area contributed by atoms with Gasteiger partial charge < -0.3 is 10.8 Å². The third kappa shape index (κ3) is 2.19. The molecule has 2 unspecified atom stereocenters. The summed E-state index contributed by atoms with van der Waals surface area (Å²) in [4.78, 5) is 0. The molecule has 0 spiro atoms. The summed E-state index contributed by atoms with van der Waals surface area (Å²) in [5.41, 5.74) is 12.0. The lowest BCUT2D eigenvalue weighted by atomic mass is 9.62. The molecule has 2 nitrogen and oxygen atoms in total. The monoisotopic (exact) mass is 359 g/mol. The van der Waals surface area contributed by atoms with Gasteiger partial charge in [0.25, 0.3) is 0 Å². The maximum absolute atomic E-state index is 9.91. The van der Waals surface area contributed by atoms with Crippen molar-refractivity contribution < 1.29 is 5.11 Å². The SMILES string of the molecule is Br.C[C@@]12Cc3ccccc3CC(Cc3ccc(O)cc31)C2N. The number of nitrogens with two attached hydrogens (primary N) is 1. The molecule has 2 aliphatic rings. The third-order valence-electron chi connectivity index (χ3n) is 5.59. The Morgan fingerprint density at radius 3 is 2.50 bits per heavy atom. The van der Waals surface area contributed by atoms with E-state index in [0.29, 0.717) is 11.7 Å². The quantitative estimate of drug-likeness (QED) is 0.755. The van der Waals surface area contributed by atoms with Gasteiger partial charge in [0.05, 0.1) is 0 Å². The first-order valence-corrected chi connectivity index (χ1v) is 7.73. The molecule has 0 heterocycles. The van der Waals surface area contributed by atoms with Gasteiger partial charge in [0, 0.05) is 11.5 Å². The Balaban J connectivity index is 0.00000144. The van der Waals surface area contributed by atoms with Crippen LogP contribution in [0.25, 0.3) is 0 Å². The normalized spacial score (nSPS) is 28.8. The summed E-state index contributed by atoms with van der Waals surface area (Å²) < 4.78 is 0. The topological polar surface area (TPSA) is 46.2 Å². The van der Waals surface area contributed by atoms with E-state index in [1.807, 2.05) is 6.07 Å². The Morgan fingerprint density at radius 1 is 1.05 bits per heavy atom. The van der Waals surface area contributed by atoms with Gasteiger partial charge in [0.1, 0.15) is 5.75 Å². The lowest BCUT2D eigenvalue weighted by molar-refractivity contribution is 0.258. The largest absolute Gasteiger partial charge is 0.508 e. The van der Waals surface area contributed by atoms with Crippen LogP contribution in [-0.4, -0.2) is 11.1 Å². The Kier molecular flexibility index (Phi) is 3.82. The van der Waals surface area contributed by atoms with Crippen molar-refractivity contribution in [2.75, 3.05) is 0 Å². The second-order valence-electron chi connectivity index (χ2n) is 6.90. The second-order valence-corrected chi connectivity index (χ2v) is 6.90. The molecule has 3 atom stereocenters. The van der Waals surface area contributed by atoms with Crippen LogP contribution in [0.5, 0.6) is 5.75 Å². The number of rotatable bonds is 0. The van der Waals surface area contributed by atoms with Crippen molar-refractivity contribution in [3.05, 3.63) is 64.7 Å². The van der Waals surface area contributed by atoms with Gasteiger partial charge >= 0.3 is 0 Å². The summed E-state index contributed by atoms with van der Waals surface area (Å²) in [6.07, 6.45) is 3.03. The maximum atomic E-state index is 9.91. The summed E-state index contributed by atoms with van der Waals surface area (Å²) in [6, 6.07) is 14.7. The number of benzene rings is 2. The van der Waals surface area contributed by atoms with Crippen molar-refractivity contribution in [2.24, 2.45) is 11.7 Å². The molecule has 116 valence electrons. The van der Waals surface area contributed by atoms with E-state index < -0.39 is 0 Å². The van der Waals surface area contributed by atoms with E-state index in [0.717, 1.165) is 19.3 Å². The predicted molar refractivity (Wildman–Crippen MR) is 94.8 cm³/mol. The summed E-state index contributed by atoms with van der Waals surface area (Å²) in [5, 5.41) is 9.91. The van der Waals surface area contributed by atoms with Crippen molar-refractivity contribution in [1.82, 2.24) is 0 Å². The van der Waals surface area contributed by atoms with Gasteiger partial charge in [0.15, 0.2) is 0 Å². The fourth-order valence-corrected chi connectivity index (χ4v) is 4.40. The molecule has 0 saturated heterocycles. The van der Waals surface area contributed by atoms with E-state index in [9.17, 15) is 5.11 Å². The number of aromatic hydroxyl groups is 1. The average Bonchev–Trinajstić information content (AvgIpc) is 2.54. The number of hydrogen-bond donors (Lipinski definition) is 2. The van der Waals surface area contributed by atoms with Crippen LogP contribution >= 0.6 is 17.0 Å². The van der Waals surface area contributed by atoms with Gasteiger partial charge in [-0.25, -0.2) is 0 Å². The first-order valence-electron chi connectivity index (χ1n) is 7.73. The Bertz CT molecular complexity index is 714. The molecule has 22 heavy (non-hydrogen) atoms.